The molecule has 0 radical (unpaired) electrons. The van der Waals surface area contributed by atoms with Gasteiger partial charge in [-0.25, -0.2) is 9.59 Å². The van der Waals surface area contributed by atoms with Crippen LogP contribution in [0.2, 0.25) is 0 Å². The van der Waals surface area contributed by atoms with Crippen LogP contribution in [0.25, 0.3) is 11.8 Å². The standard InChI is InChI=1S/C34H29NO7/c1-4-40-32(37)31(36)29-30(24-14-10-7-11-15-24)35-27-18-17-26(39-3)22-25(27)16-19-28(35)42-34(29,33(38)41-5-2)21-20-23-12-8-6-9-13-23/h6-19,22,28H,4-5H2,1-3H3. The highest BCUT2D eigenvalue weighted by Crippen LogP contribution is 2.47. The number of esters is 2. The molecule has 8 heteroatoms. The topological polar surface area (TPSA) is 91.4 Å². The van der Waals surface area contributed by atoms with Crippen LogP contribution in [0.1, 0.15) is 30.5 Å². The minimum atomic E-state index is -2.27. The van der Waals surface area contributed by atoms with Gasteiger partial charge in [-0.05, 0) is 61.7 Å². The Morgan fingerprint density at radius 1 is 0.929 bits per heavy atom. The largest absolute Gasteiger partial charge is 0.497 e. The Kier molecular flexibility index (Phi) is 8.23. The molecule has 2 heterocycles. The summed E-state index contributed by atoms with van der Waals surface area (Å²) in [5, 5.41) is 0. The van der Waals surface area contributed by atoms with Gasteiger partial charge >= 0.3 is 11.9 Å². The van der Waals surface area contributed by atoms with E-state index in [1.807, 2.05) is 30.3 Å². The number of ether oxygens (including phenoxy) is 4. The lowest BCUT2D eigenvalue weighted by Gasteiger charge is -2.46. The van der Waals surface area contributed by atoms with Crippen molar-refractivity contribution in [3.63, 3.8) is 0 Å². The fourth-order valence-electron chi connectivity index (χ4n) is 4.94. The number of carbonyl (C=O) groups excluding carboxylic acids is 3. The maximum absolute atomic E-state index is 14.1. The number of fused-ring (bicyclic) bond motifs is 3. The zero-order valence-electron chi connectivity index (χ0n) is 23.5. The van der Waals surface area contributed by atoms with E-state index in [1.165, 1.54) is 0 Å². The first-order valence-electron chi connectivity index (χ1n) is 13.5. The van der Waals surface area contributed by atoms with Gasteiger partial charge in [-0.15, -0.1) is 0 Å². The highest BCUT2D eigenvalue weighted by atomic mass is 16.6. The van der Waals surface area contributed by atoms with Gasteiger partial charge in [0.2, 0.25) is 0 Å². The lowest BCUT2D eigenvalue weighted by molar-refractivity contribution is -0.166. The highest BCUT2D eigenvalue weighted by molar-refractivity contribution is 6.44. The smallest absolute Gasteiger partial charge is 0.379 e. The van der Waals surface area contributed by atoms with Gasteiger partial charge in [0, 0.05) is 11.1 Å². The molecule has 2 aliphatic rings. The number of ketones is 1. The number of anilines is 1. The van der Waals surface area contributed by atoms with E-state index >= 15 is 0 Å². The first-order valence-corrected chi connectivity index (χ1v) is 13.5. The number of rotatable bonds is 7. The molecule has 42 heavy (non-hydrogen) atoms. The van der Waals surface area contributed by atoms with E-state index < -0.39 is 29.6 Å². The van der Waals surface area contributed by atoms with Crippen LogP contribution >= 0.6 is 0 Å². The SMILES string of the molecule is CCOC(=O)C(=O)C1=C(c2ccccc2)N2c3ccc(OC)cc3C=CC2OC1(C#Cc1ccccc1)C(=O)OCC. The summed E-state index contributed by atoms with van der Waals surface area (Å²) in [6.45, 7) is 3.19. The number of Topliss-reactive ketones (excluding diaryl/α,β-unsaturated/α-hetero) is 1. The number of nitrogens with zero attached hydrogens (tertiary/aromatic N) is 1. The molecule has 0 fully saturated rings. The molecule has 5 rings (SSSR count). The van der Waals surface area contributed by atoms with Gasteiger partial charge in [-0.3, -0.25) is 4.79 Å². The minimum Gasteiger partial charge on any atom is -0.497 e. The normalized spacial score (nSPS) is 18.6. The zero-order chi connectivity index (χ0) is 29.7. The Morgan fingerprint density at radius 2 is 1.62 bits per heavy atom. The van der Waals surface area contributed by atoms with Gasteiger partial charge < -0.3 is 23.8 Å². The highest BCUT2D eigenvalue weighted by Gasteiger charge is 2.57. The molecule has 0 amide bonds. The van der Waals surface area contributed by atoms with Gasteiger partial charge in [0.05, 0.1) is 37.3 Å². The van der Waals surface area contributed by atoms with Crippen molar-refractivity contribution in [3.8, 4) is 17.6 Å². The summed E-state index contributed by atoms with van der Waals surface area (Å²) in [6, 6.07) is 23.4. The molecule has 3 aromatic rings. The Labute approximate surface area is 244 Å². The molecule has 2 aliphatic heterocycles. The number of benzene rings is 3. The van der Waals surface area contributed by atoms with Crippen molar-refractivity contribution >= 4 is 35.2 Å². The molecule has 0 spiro atoms. The van der Waals surface area contributed by atoms with E-state index in [-0.39, 0.29) is 24.5 Å². The second-order valence-corrected chi connectivity index (χ2v) is 9.32. The first-order chi connectivity index (χ1) is 20.4. The van der Waals surface area contributed by atoms with Crippen LogP contribution in [0.3, 0.4) is 0 Å². The summed E-state index contributed by atoms with van der Waals surface area (Å²) in [7, 11) is 1.57. The molecular formula is C34H29NO7. The molecule has 8 nitrogen and oxygen atoms in total. The minimum absolute atomic E-state index is 0.00858. The fraction of sp³-hybridized carbons (Fsp3) is 0.206. The Balaban J connectivity index is 1.88. The molecule has 0 aliphatic carbocycles. The van der Waals surface area contributed by atoms with Gasteiger partial charge in [0.25, 0.3) is 11.4 Å². The third-order valence-corrected chi connectivity index (χ3v) is 6.77. The molecule has 0 saturated heterocycles. The lowest BCUT2D eigenvalue weighted by Crippen LogP contribution is -2.58. The van der Waals surface area contributed by atoms with Gasteiger partial charge in [0.1, 0.15) is 5.75 Å². The second-order valence-electron chi connectivity index (χ2n) is 9.32. The summed E-state index contributed by atoms with van der Waals surface area (Å²) in [5.41, 5.74) is 0.308. The Bertz CT molecular complexity index is 1630. The quantitative estimate of drug-likeness (QED) is 0.231. The lowest BCUT2D eigenvalue weighted by atomic mass is 9.83. The van der Waals surface area contributed by atoms with E-state index in [2.05, 4.69) is 11.8 Å². The predicted octanol–water partition coefficient (Wildman–Crippen LogP) is 4.78. The van der Waals surface area contributed by atoms with Crippen molar-refractivity contribution in [2.45, 2.75) is 25.7 Å². The van der Waals surface area contributed by atoms with E-state index in [0.717, 1.165) is 5.56 Å². The van der Waals surface area contributed by atoms with Gasteiger partial charge in [-0.1, -0.05) is 60.5 Å². The second kappa shape index (κ2) is 12.2. The Morgan fingerprint density at radius 3 is 2.29 bits per heavy atom. The van der Waals surface area contributed by atoms with Crippen LogP contribution in [0.5, 0.6) is 5.75 Å². The van der Waals surface area contributed by atoms with Crippen LogP contribution in [0, 0.1) is 11.8 Å². The van der Waals surface area contributed by atoms with E-state index in [0.29, 0.717) is 22.6 Å². The van der Waals surface area contributed by atoms with E-state index in [9.17, 15) is 14.4 Å². The molecule has 0 aromatic heterocycles. The van der Waals surface area contributed by atoms with Crippen LogP contribution in [-0.2, 0) is 28.6 Å². The fourth-order valence-corrected chi connectivity index (χ4v) is 4.94. The summed E-state index contributed by atoms with van der Waals surface area (Å²) in [5.74, 6) is 3.43. The van der Waals surface area contributed by atoms with Gasteiger partial charge in [0.15, 0.2) is 6.23 Å². The van der Waals surface area contributed by atoms with Crippen molar-refractivity contribution in [1.82, 2.24) is 0 Å². The molecule has 0 N–H and O–H groups in total. The van der Waals surface area contributed by atoms with Gasteiger partial charge in [-0.2, -0.15) is 0 Å². The van der Waals surface area contributed by atoms with Crippen molar-refractivity contribution in [1.29, 1.82) is 0 Å². The summed E-state index contributed by atoms with van der Waals surface area (Å²) in [4.78, 5) is 43.0. The number of hydrogen-bond acceptors (Lipinski definition) is 8. The number of hydrogen-bond donors (Lipinski definition) is 0. The number of carbonyl (C=O) groups is 3. The predicted molar refractivity (Wildman–Crippen MR) is 157 cm³/mol. The van der Waals surface area contributed by atoms with Crippen LogP contribution in [0.15, 0.2) is 90.5 Å². The Hall–Kier alpha value is -5.13. The summed E-state index contributed by atoms with van der Waals surface area (Å²) < 4.78 is 22.6. The van der Waals surface area contributed by atoms with Crippen molar-refractivity contribution < 1.29 is 33.3 Å². The molecule has 0 saturated carbocycles. The first kappa shape index (κ1) is 28.4. The molecular weight excluding hydrogens is 534 g/mol. The maximum Gasteiger partial charge on any atom is 0.379 e. The van der Waals surface area contributed by atoms with Crippen molar-refractivity contribution in [3.05, 3.63) is 107 Å². The average molecular weight is 564 g/mol. The molecule has 2 atom stereocenters. The van der Waals surface area contributed by atoms with Crippen LogP contribution < -0.4 is 9.64 Å². The molecule has 3 aromatic carbocycles. The molecule has 2 unspecified atom stereocenters. The van der Waals surface area contributed by atoms with Crippen molar-refractivity contribution in [2.75, 3.05) is 25.2 Å². The third-order valence-electron chi connectivity index (χ3n) is 6.77. The van der Waals surface area contributed by atoms with Crippen LogP contribution in [-0.4, -0.2) is 49.9 Å². The maximum atomic E-state index is 14.1. The van der Waals surface area contributed by atoms with Crippen molar-refractivity contribution in [2.24, 2.45) is 0 Å². The van der Waals surface area contributed by atoms with E-state index in [1.54, 1.807) is 86.5 Å². The van der Waals surface area contributed by atoms with E-state index in [4.69, 9.17) is 18.9 Å². The third kappa shape index (κ3) is 5.18. The zero-order valence-corrected chi connectivity index (χ0v) is 23.5. The monoisotopic (exact) mass is 563 g/mol. The van der Waals surface area contributed by atoms with Crippen LogP contribution in [0.4, 0.5) is 5.69 Å². The summed E-state index contributed by atoms with van der Waals surface area (Å²) >= 11 is 0. The molecule has 212 valence electrons. The number of methoxy groups -OCH3 is 1. The molecule has 0 bridgehead atoms. The average Bonchev–Trinajstić information content (AvgIpc) is 3.03. The summed E-state index contributed by atoms with van der Waals surface area (Å²) in [6.07, 6.45) is 2.71.